The fourth-order valence-electron chi connectivity index (χ4n) is 3.86. The first-order valence-corrected chi connectivity index (χ1v) is 8.11. The Bertz CT molecular complexity index is 484. The number of quaternary nitrogens is 1. The van der Waals surface area contributed by atoms with Gasteiger partial charge in [-0.3, -0.25) is 0 Å². The summed E-state index contributed by atoms with van der Waals surface area (Å²) in [5.41, 5.74) is 6.89. The van der Waals surface area contributed by atoms with Crippen LogP contribution in [-0.2, 0) is 4.74 Å². The Morgan fingerprint density at radius 2 is 1.90 bits per heavy atom. The van der Waals surface area contributed by atoms with Gasteiger partial charge >= 0.3 is 5.97 Å². The van der Waals surface area contributed by atoms with Crippen LogP contribution in [0.25, 0.3) is 0 Å². The molecule has 0 aromatic heterocycles. The summed E-state index contributed by atoms with van der Waals surface area (Å²) < 4.78 is 5.56. The van der Waals surface area contributed by atoms with Crippen molar-refractivity contribution in [1.82, 2.24) is 0 Å². The van der Waals surface area contributed by atoms with Crippen molar-refractivity contribution in [1.29, 1.82) is 0 Å². The first-order valence-electron chi connectivity index (χ1n) is 8.11. The molecule has 2 aliphatic rings. The molecule has 4 heteroatoms. The van der Waals surface area contributed by atoms with Crippen LogP contribution in [0.2, 0.25) is 0 Å². The molecule has 21 heavy (non-hydrogen) atoms. The molecule has 1 aromatic carbocycles. The van der Waals surface area contributed by atoms with Crippen LogP contribution in [0.15, 0.2) is 24.3 Å². The highest BCUT2D eigenvalue weighted by molar-refractivity contribution is 5.89. The minimum Gasteiger partial charge on any atom is -0.462 e. The van der Waals surface area contributed by atoms with Crippen molar-refractivity contribution in [3.8, 4) is 0 Å². The molecular weight excluding hydrogens is 264 g/mol. The zero-order valence-electron chi connectivity index (χ0n) is 12.5. The second-order valence-corrected chi connectivity index (χ2v) is 6.38. The number of rotatable bonds is 3. The normalized spacial score (nSPS) is 28.7. The van der Waals surface area contributed by atoms with Crippen molar-refractivity contribution in [2.24, 2.45) is 5.92 Å². The van der Waals surface area contributed by atoms with Gasteiger partial charge in [-0.15, -0.1) is 0 Å². The quantitative estimate of drug-likeness (QED) is 0.651. The number of ether oxygens (including phenoxy) is 1. The number of benzene rings is 1. The van der Waals surface area contributed by atoms with E-state index >= 15 is 0 Å². The Balaban J connectivity index is 1.56. The van der Waals surface area contributed by atoms with Gasteiger partial charge in [-0.2, -0.15) is 0 Å². The van der Waals surface area contributed by atoms with Crippen LogP contribution in [0.5, 0.6) is 0 Å². The number of nitrogen functional groups attached to an aromatic ring is 1. The zero-order valence-corrected chi connectivity index (χ0v) is 12.5. The van der Waals surface area contributed by atoms with Crippen LogP contribution in [0.1, 0.15) is 42.5 Å². The van der Waals surface area contributed by atoms with Crippen LogP contribution >= 0.6 is 0 Å². The number of carbonyl (C=O) groups excluding carboxylic acids is 1. The van der Waals surface area contributed by atoms with Gasteiger partial charge in [0.15, 0.2) is 0 Å². The number of fused-ring (bicyclic) bond motifs is 1. The van der Waals surface area contributed by atoms with Crippen molar-refractivity contribution in [2.45, 2.75) is 38.1 Å². The van der Waals surface area contributed by atoms with Crippen molar-refractivity contribution in [3.63, 3.8) is 0 Å². The van der Waals surface area contributed by atoms with Gasteiger partial charge in [0.1, 0.15) is 6.61 Å². The van der Waals surface area contributed by atoms with Crippen molar-refractivity contribution in [2.75, 3.05) is 25.4 Å². The van der Waals surface area contributed by atoms with E-state index in [0.29, 0.717) is 29.8 Å². The lowest BCUT2D eigenvalue weighted by Crippen LogP contribution is -3.18. The minimum atomic E-state index is -0.224. The highest BCUT2D eigenvalue weighted by Crippen LogP contribution is 2.21. The van der Waals surface area contributed by atoms with Gasteiger partial charge in [0.2, 0.25) is 0 Å². The maximum Gasteiger partial charge on any atom is 0.338 e. The molecule has 0 amide bonds. The summed E-state index contributed by atoms with van der Waals surface area (Å²) in [7, 11) is 0. The molecule has 1 aromatic rings. The van der Waals surface area contributed by atoms with E-state index in [2.05, 4.69) is 0 Å². The molecule has 4 nitrogen and oxygen atoms in total. The fourth-order valence-corrected chi connectivity index (χ4v) is 3.86. The number of piperidine rings is 2. The summed E-state index contributed by atoms with van der Waals surface area (Å²) in [6.45, 7) is 3.16. The molecule has 2 aliphatic heterocycles. The first-order chi connectivity index (χ1) is 10.2. The van der Waals surface area contributed by atoms with Crippen LogP contribution in [0, 0.1) is 5.92 Å². The van der Waals surface area contributed by atoms with Gasteiger partial charge in [0.25, 0.3) is 0 Å². The molecule has 0 spiro atoms. The predicted molar refractivity (Wildman–Crippen MR) is 82.2 cm³/mol. The summed E-state index contributed by atoms with van der Waals surface area (Å²) in [4.78, 5) is 13.8. The lowest BCUT2D eigenvalue weighted by molar-refractivity contribution is -0.940. The molecule has 3 N–H and O–H groups in total. The summed E-state index contributed by atoms with van der Waals surface area (Å²) in [6, 6.07) is 7.65. The molecule has 114 valence electrons. The maximum atomic E-state index is 12.1. The first kappa shape index (κ1) is 14.4. The average molecular weight is 289 g/mol. The number of hydrogen-bond donors (Lipinski definition) is 2. The Kier molecular flexibility index (Phi) is 4.44. The van der Waals surface area contributed by atoms with Crippen LogP contribution < -0.4 is 10.6 Å². The molecule has 0 aliphatic carbocycles. The Labute approximate surface area is 126 Å². The van der Waals surface area contributed by atoms with E-state index in [1.54, 1.807) is 29.2 Å². The summed E-state index contributed by atoms with van der Waals surface area (Å²) in [5.74, 6) is 0.310. The SMILES string of the molecule is Nc1ccc(C(=O)OC[C@@H]2CCC[NH+]3CCCC[C@H]23)cc1. The molecule has 2 saturated heterocycles. The number of nitrogens with two attached hydrogens (primary N) is 1. The van der Waals surface area contributed by atoms with E-state index in [-0.39, 0.29) is 5.97 Å². The van der Waals surface area contributed by atoms with Gasteiger partial charge in [0, 0.05) is 11.6 Å². The number of carbonyl (C=O) groups is 1. The van der Waals surface area contributed by atoms with E-state index in [0.717, 1.165) is 0 Å². The van der Waals surface area contributed by atoms with Gasteiger partial charge in [-0.25, -0.2) is 4.79 Å². The van der Waals surface area contributed by atoms with Gasteiger partial charge in [0.05, 0.1) is 24.7 Å². The van der Waals surface area contributed by atoms with Gasteiger partial charge in [-0.1, -0.05) is 0 Å². The van der Waals surface area contributed by atoms with Crippen molar-refractivity contribution >= 4 is 11.7 Å². The molecule has 0 radical (unpaired) electrons. The maximum absolute atomic E-state index is 12.1. The van der Waals surface area contributed by atoms with E-state index in [4.69, 9.17) is 10.5 Å². The second-order valence-electron chi connectivity index (χ2n) is 6.38. The van der Waals surface area contributed by atoms with E-state index in [1.165, 1.54) is 45.2 Å². The van der Waals surface area contributed by atoms with Crippen molar-refractivity contribution in [3.05, 3.63) is 29.8 Å². The monoisotopic (exact) mass is 289 g/mol. The third kappa shape index (κ3) is 3.38. The standard InChI is InChI=1S/C17H24N2O2/c18-15-8-6-13(7-9-15)17(20)21-12-14-4-3-11-19-10-2-1-5-16(14)19/h6-9,14,16H,1-5,10-12,18H2/p+1/t14-,16+/m0/s1. The average Bonchev–Trinajstić information content (AvgIpc) is 2.53. The van der Waals surface area contributed by atoms with E-state index < -0.39 is 0 Å². The van der Waals surface area contributed by atoms with Crippen LogP contribution in [-0.4, -0.2) is 31.7 Å². The van der Waals surface area contributed by atoms with Gasteiger partial charge < -0.3 is 15.4 Å². The highest BCUT2D eigenvalue weighted by Gasteiger charge is 2.37. The minimum absolute atomic E-state index is 0.224. The number of hydrogen-bond acceptors (Lipinski definition) is 3. The molecule has 3 rings (SSSR count). The molecular formula is C17H25N2O2+. The predicted octanol–water partition coefficient (Wildman–Crippen LogP) is 1.27. The summed E-state index contributed by atoms with van der Waals surface area (Å²) in [6.07, 6.45) is 6.43. The topological polar surface area (TPSA) is 56.8 Å². The largest absolute Gasteiger partial charge is 0.462 e. The molecule has 2 heterocycles. The molecule has 3 atom stereocenters. The smallest absolute Gasteiger partial charge is 0.338 e. The zero-order chi connectivity index (χ0) is 14.7. The van der Waals surface area contributed by atoms with Gasteiger partial charge in [-0.05, 0) is 56.4 Å². The lowest BCUT2D eigenvalue weighted by atomic mass is 9.84. The Morgan fingerprint density at radius 1 is 1.14 bits per heavy atom. The fraction of sp³-hybridized carbons (Fsp3) is 0.588. The number of anilines is 1. The van der Waals surface area contributed by atoms with Crippen LogP contribution in [0.4, 0.5) is 5.69 Å². The third-order valence-corrected chi connectivity index (χ3v) is 5.00. The summed E-state index contributed by atoms with van der Waals surface area (Å²) >= 11 is 0. The highest BCUT2D eigenvalue weighted by atomic mass is 16.5. The summed E-state index contributed by atoms with van der Waals surface area (Å²) in [5, 5.41) is 0. The molecule has 1 unspecified atom stereocenters. The molecule has 0 saturated carbocycles. The number of esters is 1. The van der Waals surface area contributed by atoms with E-state index in [1.807, 2.05) is 0 Å². The Hall–Kier alpha value is -1.55. The Morgan fingerprint density at radius 3 is 2.71 bits per heavy atom. The van der Waals surface area contributed by atoms with Crippen molar-refractivity contribution < 1.29 is 14.4 Å². The number of nitrogens with one attached hydrogen (secondary N) is 1. The third-order valence-electron chi connectivity index (χ3n) is 5.00. The molecule has 0 bridgehead atoms. The van der Waals surface area contributed by atoms with Crippen LogP contribution in [0.3, 0.4) is 0 Å². The van der Waals surface area contributed by atoms with E-state index in [9.17, 15) is 4.79 Å². The molecule has 2 fully saturated rings. The lowest BCUT2D eigenvalue weighted by Gasteiger charge is -2.40. The second kappa shape index (κ2) is 6.48.